The number of carbonyl (C=O) groups is 1. The van der Waals surface area contributed by atoms with Crippen LogP contribution in [0.15, 0.2) is 67.8 Å². The highest BCUT2D eigenvalue weighted by Gasteiger charge is 2.46. The smallest absolute Gasteiger partial charge is 0.245 e. The number of halogens is 1. The Bertz CT molecular complexity index is 1470. The summed E-state index contributed by atoms with van der Waals surface area (Å²) in [5, 5.41) is 4.96. The van der Waals surface area contributed by atoms with Gasteiger partial charge in [-0.1, -0.05) is 24.2 Å². The van der Waals surface area contributed by atoms with Crippen LogP contribution >= 0.6 is 11.6 Å². The number of aromatic amines is 1. The number of fused-ring (bicyclic) bond motifs is 1. The summed E-state index contributed by atoms with van der Waals surface area (Å²) >= 11 is 6.54. The monoisotopic (exact) mass is 528 g/mol. The minimum Gasteiger partial charge on any atom is -0.486 e. The van der Waals surface area contributed by atoms with Crippen LogP contribution in [0, 0.1) is 5.41 Å². The zero-order valence-corrected chi connectivity index (χ0v) is 21.7. The number of hydrogen-bond donors (Lipinski definition) is 2. The van der Waals surface area contributed by atoms with Crippen molar-refractivity contribution in [3.63, 3.8) is 0 Å². The van der Waals surface area contributed by atoms with Gasteiger partial charge < -0.3 is 19.9 Å². The number of benzene rings is 1. The van der Waals surface area contributed by atoms with Crippen molar-refractivity contribution in [3.05, 3.63) is 84.1 Å². The van der Waals surface area contributed by atoms with Crippen LogP contribution in [-0.4, -0.2) is 43.8 Å². The van der Waals surface area contributed by atoms with Crippen molar-refractivity contribution in [2.75, 3.05) is 18.4 Å². The molecule has 1 saturated heterocycles. The van der Waals surface area contributed by atoms with Gasteiger partial charge in [-0.15, -0.1) is 0 Å². The van der Waals surface area contributed by atoms with Crippen molar-refractivity contribution in [2.45, 2.75) is 38.2 Å². The maximum Gasteiger partial charge on any atom is 0.245 e. The highest BCUT2D eigenvalue weighted by Crippen LogP contribution is 2.49. The third-order valence-electron chi connectivity index (χ3n) is 7.82. The lowest BCUT2D eigenvalue weighted by Gasteiger charge is -2.53. The van der Waals surface area contributed by atoms with Gasteiger partial charge in [0.25, 0.3) is 0 Å². The van der Waals surface area contributed by atoms with Crippen LogP contribution in [0.3, 0.4) is 0 Å². The molecule has 1 aliphatic heterocycles. The van der Waals surface area contributed by atoms with E-state index in [4.69, 9.17) is 16.3 Å². The number of anilines is 2. The van der Waals surface area contributed by atoms with E-state index in [1.54, 1.807) is 12.5 Å². The Hall–Kier alpha value is -3.91. The molecule has 0 radical (unpaired) electrons. The average molecular weight is 529 g/mol. The van der Waals surface area contributed by atoms with Gasteiger partial charge >= 0.3 is 0 Å². The van der Waals surface area contributed by atoms with E-state index in [9.17, 15) is 4.79 Å². The number of H-pyrrole nitrogens is 1. The SMILES string of the molecule is C=CC(=O)N1CC2(CCC(c3c[nH]c4ncnc(Nc5ccc(OCc6ccccn6)c(Cl)c5)c34)CC2)C1. The molecule has 9 heteroatoms. The van der Waals surface area contributed by atoms with Gasteiger partial charge in [-0.2, -0.15) is 0 Å². The van der Waals surface area contributed by atoms with E-state index in [1.165, 1.54) is 11.6 Å². The fraction of sp³-hybridized carbons (Fsp3) is 0.310. The second kappa shape index (κ2) is 10.1. The molecule has 2 N–H and O–H groups in total. The lowest BCUT2D eigenvalue weighted by Crippen LogP contribution is -2.59. The maximum atomic E-state index is 11.9. The normalized spacial score (nSPS) is 16.8. The second-order valence-electron chi connectivity index (χ2n) is 10.2. The van der Waals surface area contributed by atoms with E-state index in [0.29, 0.717) is 23.3 Å². The first-order valence-electron chi connectivity index (χ1n) is 12.9. The summed E-state index contributed by atoms with van der Waals surface area (Å²) in [6.45, 7) is 5.64. The zero-order chi connectivity index (χ0) is 26.1. The first-order valence-corrected chi connectivity index (χ1v) is 13.2. The molecule has 1 aromatic carbocycles. The van der Waals surface area contributed by atoms with E-state index in [2.05, 4.69) is 38.0 Å². The van der Waals surface area contributed by atoms with E-state index < -0.39 is 0 Å². The molecule has 1 aliphatic carbocycles. The highest BCUT2D eigenvalue weighted by atomic mass is 35.5. The van der Waals surface area contributed by atoms with E-state index in [1.807, 2.05) is 41.3 Å². The number of nitrogens with one attached hydrogen (secondary N) is 2. The van der Waals surface area contributed by atoms with E-state index in [0.717, 1.165) is 67.0 Å². The predicted molar refractivity (Wildman–Crippen MR) is 148 cm³/mol. The van der Waals surface area contributed by atoms with Crippen molar-refractivity contribution in [1.29, 1.82) is 0 Å². The lowest BCUT2D eigenvalue weighted by molar-refractivity contribution is -0.140. The summed E-state index contributed by atoms with van der Waals surface area (Å²) in [5.41, 5.74) is 3.96. The summed E-state index contributed by atoms with van der Waals surface area (Å²) in [6, 6.07) is 11.3. The maximum absolute atomic E-state index is 11.9. The summed E-state index contributed by atoms with van der Waals surface area (Å²) in [6.07, 6.45) is 11.2. The number of nitrogens with zero attached hydrogens (tertiary/aromatic N) is 4. The Morgan fingerprint density at radius 2 is 2.05 bits per heavy atom. The number of hydrogen-bond acceptors (Lipinski definition) is 6. The van der Waals surface area contributed by atoms with E-state index >= 15 is 0 Å². The third-order valence-corrected chi connectivity index (χ3v) is 8.12. The standard InChI is InChI=1S/C29H29ClN6O2/c1-2-25(37)36-16-29(17-36)10-8-19(9-11-29)22-14-32-27-26(22)28(34-18-33-27)35-20-6-7-24(23(30)13-20)38-15-21-5-3-4-12-31-21/h2-7,12-14,18-19H,1,8-11,15-17H2,(H2,32,33,34,35). The molecule has 3 aromatic heterocycles. The van der Waals surface area contributed by atoms with Crippen LogP contribution < -0.4 is 10.1 Å². The van der Waals surface area contributed by atoms with Crippen LogP contribution in [0.25, 0.3) is 11.0 Å². The minimum atomic E-state index is 0.0372. The molecular weight excluding hydrogens is 500 g/mol. The summed E-state index contributed by atoms with van der Waals surface area (Å²) in [5.74, 6) is 1.79. The molecule has 38 heavy (non-hydrogen) atoms. The van der Waals surface area contributed by atoms with Crippen LogP contribution in [0.5, 0.6) is 5.75 Å². The van der Waals surface area contributed by atoms with Gasteiger partial charge in [-0.05, 0) is 73.6 Å². The molecule has 4 aromatic rings. The predicted octanol–water partition coefficient (Wildman–Crippen LogP) is 6.00. The average Bonchev–Trinajstić information content (AvgIpc) is 3.37. The number of aromatic nitrogens is 4. The van der Waals surface area contributed by atoms with Crippen LogP contribution in [0.1, 0.15) is 42.9 Å². The number of amides is 1. The highest BCUT2D eigenvalue weighted by molar-refractivity contribution is 6.32. The molecule has 1 saturated carbocycles. The van der Waals surface area contributed by atoms with Gasteiger partial charge in [-0.3, -0.25) is 9.78 Å². The Balaban J connectivity index is 1.16. The molecule has 194 valence electrons. The first-order chi connectivity index (χ1) is 18.5. The first kappa shape index (κ1) is 24.4. The molecular formula is C29H29ClN6O2. The molecule has 1 spiro atoms. The quantitative estimate of drug-likeness (QED) is 0.285. The topological polar surface area (TPSA) is 96.0 Å². The van der Waals surface area contributed by atoms with Gasteiger partial charge in [0.05, 0.1) is 16.1 Å². The van der Waals surface area contributed by atoms with Gasteiger partial charge in [0.1, 0.15) is 30.1 Å². The Morgan fingerprint density at radius 1 is 1.21 bits per heavy atom. The lowest BCUT2D eigenvalue weighted by atomic mass is 9.65. The number of likely N-dealkylation sites (tertiary alicyclic amines) is 1. The third kappa shape index (κ3) is 4.72. The van der Waals surface area contributed by atoms with Gasteiger partial charge in [0.2, 0.25) is 5.91 Å². The van der Waals surface area contributed by atoms with Crippen molar-refractivity contribution < 1.29 is 9.53 Å². The minimum absolute atomic E-state index is 0.0372. The summed E-state index contributed by atoms with van der Waals surface area (Å²) < 4.78 is 5.86. The molecule has 0 unspecified atom stereocenters. The molecule has 8 nitrogen and oxygen atoms in total. The molecule has 2 fully saturated rings. The molecule has 0 bridgehead atoms. The largest absolute Gasteiger partial charge is 0.486 e. The molecule has 0 atom stereocenters. The summed E-state index contributed by atoms with van der Waals surface area (Å²) in [7, 11) is 0. The zero-order valence-electron chi connectivity index (χ0n) is 21.0. The van der Waals surface area contributed by atoms with Crippen molar-refractivity contribution >= 4 is 40.0 Å². The van der Waals surface area contributed by atoms with Crippen LogP contribution in [0.2, 0.25) is 5.02 Å². The van der Waals surface area contributed by atoms with Crippen LogP contribution in [0.4, 0.5) is 11.5 Å². The molecule has 1 amide bonds. The number of pyridine rings is 1. The Morgan fingerprint density at radius 3 is 2.79 bits per heavy atom. The van der Waals surface area contributed by atoms with Gasteiger partial charge in [0, 0.05) is 36.6 Å². The van der Waals surface area contributed by atoms with E-state index in [-0.39, 0.29) is 11.3 Å². The van der Waals surface area contributed by atoms with Crippen molar-refractivity contribution in [3.8, 4) is 5.75 Å². The summed E-state index contributed by atoms with van der Waals surface area (Å²) in [4.78, 5) is 30.5. The fourth-order valence-electron chi connectivity index (χ4n) is 5.78. The molecule has 4 heterocycles. The van der Waals surface area contributed by atoms with Crippen molar-refractivity contribution in [2.24, 2.45) is 5.41 Å². The molecule has 6 rings (SSSR count). The molecule has 2 aliphatic rings. The van der Waals surface area contributed by atoms with Crippen molar-refractivity contribution in [1.82, 2.24) is 24.8 Å². The number of rotatable bonds is 7. The van der Waals surface area contributed by atoms with Crippen LogP contribution in [-0.2, 0) is 11.4 Å². The Labute approximate surface area is 226 Å². The fourth-order valence-corrected chi connectivity index (χ4v) is 6.01. The van der Waals surface area contributed by atoms with Gasteiger partial charge in [0.15, 0.2) is 0 Å². The van der Waals surface area contributed by atoms with Gasteiger partial charge in [-0.25, -0.2) is 9.97 Å². The second-order valence-corrected chi connectivity index (χ2v) is 10.6. The number of carbonyl (C=O) groups excluding carboxylic acids is 1. The number of ether oxygens (including phenoxy) is 1. The Kier molecular flexibility index (Phi) is 6.49.